The Morgan fingerprint density at radius 1 is 1.28 bits per heavy atom. The van der Waals surface area contributed by atoms with E-state index in [1.54, 1.807) is 18.1 Å². The summed E-state index contributed by atoms with van der Waals surface area (Å²) in [7, 11) is 1.68. The lowest BCUT2D eigenvalue weighted by Gasteiger charge is -2.38. The van der Waals surface area contributed by atoms with Gasteiger partial charge in [-0.1, -0.05) is 31.4 Å². The highest BCUT2D eigenvalue weighted by Gasteiger charge is 2.34. The molecule has 1 aliphatic carbocycles. The predicted molar refractivity (Wildman–Crippen MR) is 95.5 cm³/mol. The number of carbonyl (C=O) groups excluding carboxylic acids is 1. The number of ether oxygens (including phenoxy) is 1. The molecule has 0 saturated heterocycles. The second kappa shape index (κ2) is 7.68. The SMILES string of the molecule is COc1ccc(C2(CNC(=O)[C@H](C)n3cncn3)CCCCC2)cc1. The van der Waals surface area contributed by atoms with Crippen LogP contribution in [0.3, 0.4) is 0 Å². The number of benzene rings is 1. The van der Waals surface area contributed by atoms with Gasteiger partial charge in [-0.3, -0.25) is 4.79 Å². The third-order valence-corrected chi connectivity index (χ3v) is 5.33. The van der Waals surface area contributed by atoms with Gasteiger partial charge in [0.25, 0.3) is 0 Å². The summed E-state index contributed by atoms with van der Waals surface area (Å²) >= 11 is 0. The Balaban J connectivity index is 1.73. The number of hydrogen-bond donors (Lipinski definition) is 1. The Labute approximate surface area is 148 Å². The summed E-state index contributed by atoms with van der Waals surface area (Å²) in [5, 5.41) is 7.21. The first-order valence-corrected chi connectivity index (χ1v) is 8.91. The summed E-state index contributed by atoms with van der Waals surface area (Å²) in [4.78, 5) is 16.5. The third-order valence-electron chi connectivity index (χ3n) is 5.33. The van der Waals surface area contributed by atoms with Crippen molar-refractivity contribution in [3.8, 4) is 5.75 Å². The lowest BCUT2D eigenvalue weighted by Crippen LogP contribution is -2.44. The van der Waals surface area contributed by atoms with E-state index in [1.165, 1.54) is 31.2 Å². The molecule has 6 heteroatoms. The predicted octanol–water partition coefficient (Wildman–Crippen LogP) is 2.87. The lowest BCUT2D eigenvalue weighted by molar-refractivity contribution is -0.124. The zero-order valence-corrected chi connectivity index (χ0v) is 14.9. The van der Waals surface area contributed by atoms with Gasteiger partial charge in [0.2, 0.25) is 5.91 Å². The van der Waals surface area contributed by atoms with Gasteiger partial charge in [0.1, 0.15) is 24.4 Å². The van der Waals surface area contributed by atoms with Gasteiger partial charge in [-0.2, -0.15) is 5.10 Å². The molecular weight excluding hydrogens is 316 g/mol. The van der Waals surface area contributed by atoms with Crippen LogP contribution in [0.4, 0.5) is 0 Å². The van der Waals surface area contributed by atoms with E-state index in [9.17, 15) is 4.79 Å². The van der Waals surface area contributed by atoms with E-state index in [-0.39, 0.29) is 17.4 Å². The van der Waals surface area contributed by atoms with E-state index < -0.39 is 0 Å². The standard InChI is InChI=1S/C19H26N4O2/c1-15(23-14-20-13-22-23)18(24)21-12-19(10-4-3-5-11-19)16-6-8-17(25-2)9-7-16/h6-9,13-15H,3-5,10-12H2,1-2H3,(H,21,24)/t15-/m0/s1. The van der Waals surface area contributed by atoms with Crippen LogP contribution in [0.2, 0.25) is 0 Å². The molecule has 1 atom stereocenters. The van der Waals surface area contributed by atoms with E-state index in [4.69, 9.17) is 4.74 Å². The number of nitrogens with one attached hydrogen (secondary N) is 1. The molecule has 1 saturated carbocycles. The van der Waals surface area contributed by atoms with Crippen molar-refractivity contribution in [2.24, 2.45) is 0 Å². The smallest absolute Gasteiger partial charge is 0.244 e. The first-order chi connectivity index (χ1) is 12.1. The fraction of sp³-hybridized carbons (Fsp3) is 0.526. The quantitative estimate of drug-likeness (QED) is 0.876. The van der Waals surface area contributed by atoms with Crippen LogP contribution < -0.4 is 10.1 Å². The summed E-state index contributed by atoms with van der Waals surface area (Å²) in [5.74, 6) is 0.836. The van der Waals surface area contributed by atoms with Crippen molar-refractivity contribution in [3.63, 3.8) is 0 Å². The molecule has 0 radical (unpaired) electrons. The van der Waals surface area contributed by atoms with Crippen LogP contribution in [0.15, 0.2) is 36.9 Å². The molecule has 0 bridgehead atoms. The summed E-state index contributed by atoms with van der Waals surface area (Å²) in [6, 6.07) is 7.92. The van der Waals surface area contributed by atoms with Crippen LogP contribution in [0.5, 0.6) is 5.75 Å². The van der Waals surface area contributed by atoms with Crippen LogP contribution in [-0.4, -0.2) is 34.3 Å². The molecule has 1 aromatic carbocycles. The molecule has 1 fully saturated rings. The van der Waals surface area contributed by atoms with E-state index in [0.717, 1.165) is 18.6 Å². The Morgan fingerprint density at radius 2 is 2.00 bits per heavy atom. The second-order valence-electron chi connectivity index (χ2n) is 6.84. The Hall–Kier alpha value is -2.37. The molecule has 0 unspecified atom stereocenters. The minimum absolute atomic E-state index is 0.00225. The Morgan fingerprint density at radius 3 is 2.60 bits per heavy atom. The highest BCUT2D eigenvalue weighted by Crippen LogP contribution is 2.39. The number of rotatable bonds is 6. The second-order valence-corrected chi connectivity index (χ2v) is 6.84. The van der Waals surface area contributed by atoms with Gasteiger partial charge in [0.05, 0.1) is 7.11 Å². The Kier molecular flexibility index (Phi) is 5.36. The van der Waals surface area contributed by atoms with E-state index in [1.807, 2.05) is 19.1 Å². The number of methoxy groups -OCH3 is 1. The van der Waals surface area contributed by atoms with E-state index >= 15 is 0 Å². The normalized spacial score (nSPS) is 17.7. The van der Waals surface area contributed by atoms with Crippen molar-refractivity contribution < 1.29 is 9.53 Å². The minimum Gasteiger partial charge on any atom is -0.497 e. The maximum absolute atomic E-state index is 12.5. The first kappa shape index (κ1) is 17.5. The van der Waals surface area contributed by atoms with Crippen molar-refractivity contribution >= 4 is 5.91 Å². The fourth-order valence-electron chi connectivity index (χ4n) is 3.68. The topological polar surface area (TPSA) is 69.0 Å². The van der Waals surface area contributed by atoms with Crippen LogP contribution >= 0.6 is 0 Å². The summed E-state index contributed by atoms with van der Waals surface area (Å²) in [6.45, 7) is 2.49. The van der Waals surface area contributed by atoms with Crippen molar-refractivity contribution in [3.05, 3.63) is 42.5 Å². The molecule has 1 aromatic heterocycles. The number of hydrogen-bond acceptors (Lipinski definition) is 4. The lowest BCUT2D eigenvalue weighted by atomic mass is 9.69. The number of carbonyl (C=O) groups is 1. The van der Waals surface area contributed by atoms with Gasteiger partial charge < -0.3 is 10.1 Å². The molecule has 134 valence electrons. The van der Waals surface area contributed by atoms with Crippen LogP contribution in [-0.2, 0) is 10.2 Å². The first-order valence-electron chi connectivity index (χ1n) is 8.91. The summed E-state index contributed by atoms with van der Waals surface area (Å²) in [6.07, 6.45) is 8.87. The van der Waals surface area contributed by atoms with Crippen LogP contribution in [0, 0.1) is 0 Å². The summed E-state index contributed by atoms with van der Waals surface area (Å²) in [5.41, 5.74) is 1.28. The maximum atomic E-state index is 12.5. The average Bonchev–Trinajstić information content (AvgIpc) is 3.21. The number of aromatic nitrogens is 3. The molecule has 1 N–H and O–H groups in total. The van der Waals surface area contributed by atoms with E-state index in [0.29, 0.717) is 6.54 Å². The zero-order valence-electron chi connectivity index (χ0n) is 14.9. The molecule has 3 rings (SSSR count). The molecule has 25 heavy (non-hydrogen) atoms. The summed E-state index contributed by atoms with van der Waals surface area (Å²) < 4.78 is 6.85. The van der Waals surface area contributed by atoms with Crippen molar-refractivity contribution in [2.45, 2.75) is 50.5 Å². The molecular formula is C19H26N4O2. The van der Waals surface area contributed by atoms with Crippen LogP contribution in [0.25, 0.3) is 0 Å². The van der Waals surface area contributed by atoms with Gasteiger partial charge in [0, 0.05) is 12.0 Å². The third kappa shape index (κ3) is 3.83. The monoisotopic (exact) mass is 342 g/mol. The fourth-order valence-corrected chi connectivity index (χ4v) is 3.68. The van der Waals surface area contributed by atoms with Crippen molar-refractivity contribution in [2.75, 3.05) is 13.7 Å². The largest absolute Gasteiger partial charge is 0.497 e. The van der Waals surface area contributed by atoms with Crippen molar-refractivity contribution in [1.29, 1.82) is 0 Å². The highest BCUT2D eigenvalue weighted by atomic mass is 16.5. The van der Waals surface area contributed by atoms with Gasteiger partial charge in [-0.25, -0.2) is 9.67 Å². The molecule has 2 aromatic rings. The zero-order chi connectivity index (χ0) is 17.7. The molecule has 6 nitrogen and oxygen atoms in total. The number of nitrogens with zero attached hydrogens (tertiary/aromatic N) is 3. The van der Waals surface area contributed by atoms with Crippen molar-refractivity contribution in [1.82, 2.24) is 20.1 Å². The Bertz CT molecular complexity index is 676. The molecule has 0 aliphatic heterocycles. The van der Waals surface area contributed by atoms with Gasteiger partial charge in [-0.15, -0.1) is 0 Å². The van der Waals surface area contributed by atoms with Gasteiger partial charge in [0.15, 0.2) is 0 Å². The molecule has 0 spiro atoms. The average molecular weight is 342 g/mol. The van der Waals surface area contributed by atoms with Crippen LogP contribution in [0.1, 0.15) is 50.6 Å². The molecule has 1 aliphatic rings. The van der Waals surface area contributed by atoms with E-state index in [2.05, 4.69) is 27.5 Å². The van der Waals surface area contributed by atoms with Gasteiger partial charge >= 0.3 is 0 Å². The molecule has 1 amide bonds. The van der Waals surface area contributed by atoms with Gasteiger partial charge in [-0.05, 0) is 37.5 Å². The maximum Gasteiger partial charge on any atom is 0.244 e. The minimum atomic E-state index is -0.362. The number of amides is 1. The highest BCUT2D eigenvalue weighted by molar-refractivity contribution is 5.79. The molecule has 1 heterocycles.